The van der Waals surface area contributed by atoms with Crippen molar-refractivity contribution in [1.82, 2.24) is 9.62 Å². The Labute approximate surface area is 424 Å². The zero-order valence-electron chi connectivity index (χ0n) is 39.4. The SMILES string of the molecule is CN(CCCCCCCCC(=O)O)CCC(CSc1ccccc1)Nc1ccc(S(=O)(=O)NC(=O)c2ccc(N3CCC(C(O)c4ccccc4-c4ccc(Cl)cc4)CC3)cc2)cc1S(=O)(=O)C(F)(F)F. The number of unbranched alkanes of at least 4 members (excludes halogenated alkanes) is 5. The molecule has 4 N–H and O–H groups in total. The number of sulfonamides is 1. The minimum absolute atomic E-state index is 0.0269. The average molecular weight is 1060 g/mol. The van der Waals surface area contributed by atoms with E-state index in [-0.39, 0.29) is 17.9 Å². The van der Waals surface area contributed by atoms with Crippen LogP contribution < -0.4 is 14.9 Å². The number of alkyl halides is 3. The molecule has 2 unspecified atom stereocenters. The summed E-state index contributed by atoms with van der Waals surface area (Å²) in [6, 6.07) is 32.4. The molecule has 0 saturated carbocycles. The maximum atomic E-state index is 14.3. The van der Waals surface area contributed by atoms with Gasteiger partial charge >= 0.3 is 11.5 Å². The number of aliphatic hydroxyl groups is 1. The fourth-order valence-corrected chi connectivity index (χ4v) is 11.7. The predicted molar refractivity (Wildman–Crippen MR) is 274 cm³/mol. The summed E-state index contributed by atoms with van der Waals surface area (Å²) in [6.07, 6.45) is 6.39. The molecule has 5 aromatic carbocycles. The normalized spacial score (nSPS) is 14.5. The molecule has 0 aromatic heterocycles. The first-order valence-electron chi connectivity index (χ1n) is 23.6. The Morgan fingerprint density at radius 2 is 1.45 bits per heavy atom. The van der Waals surface area contributed by atoms with E-state index in [1.807, 2.05) is 90.6 Å². The number of nitrogens with zero attached hydrogens (tertiary/aromatic N) is 2. The monoisotopic (exact) mass is 1060 g/mol. The number of carboxylic acid groups (broad SMARTS) is 1. The first kappa shape index (κ1) is 55.2. The topological polar surface area (TPSA) is 173 Å². The van der Waals surface area contributed by atoms with Crippen LogP contribution in [-0.4, -0.2) is 94.4 Å². The first-order valence-corrected chi connectivity index (χ1v) is 27.9. The summed E-state index contributed by atoms with van der Waals surface area (Å²) < 4.78 is 98.2. The molecule has 1 aliphatic rings. The van der Waals surface area contributed by atoms with Gasteiger partial charge in [-0.05, 0) is 142 Å². The lowest BCUT2D eigenvalue weighted by Crippen LogP contribution is -2.36. The van der Waals surface area contributed by atoms with E-state index in [1.165, 1.54) is 23.9 Å². The minimum Gasteiger partial charge on any atom is -0.481 e. The Morgan fingerprint density at radius 3 is 2.11 bits per heavy atom. The number of amides is 1. The summed E-state index contributed by atoms with van der Waals surface area (Å²) in [5.41, 5.74) is -2.82. The fourth-order valence-electron chi connectivity index (χ4n) is 8.56. The van der Waals surface area contributed by atoms with Gasteiger partial charge in [0.1, 0.15) is 4.90 Å². The Morgan fingerprint density at radius 1 is 0.817 bits per heavy atom. The summed E-state index contributed by atoms with van der Waals surface area (Å²) in [5.74, 6) is -1.57. The summed E-state index contributed by atoms with van der Waals surface area (Å²) >= 11 is 7.53. The third kappa shape index (κ3) is 15.7. The smallest absolute Gasteiger partial charge is 0.481 e. The van der Waals surface area contributed by atoms with Gasteiger partial charge in [-0.15, -0.1) is 11.8 Å². The van der Waals surface area contributed by atoms with Crippen molar-refractivity contribution < 1.29 is 49.8 Å². The van der Waals surface area contributed by atoms with Gasteiger partial charge in [0.2, 0.25) is 0 Å². The van der Waals surface area contributed by atoms with Crippen molar-refractivity contribution in [2.24, 2.45) is 5.92 Å². The number of benzene rings is 5. The third-order valence-corrected chi connectivity index (χ3v) is 16.9. The van der Waals surface area contributed by atoms with Crippen LogP contribution in [0.2, 0.25) is 5.02 Å². The molecular weight excluding hydrogens is 997 g/mol. The number of thioether (sulfide) groups is 1. The predicted octanol–water partition coefficient (Wildman–Crippen LogP) is 11.1. The van der Waals surface area contributed by atoms with Crippen LogP contribution in [0.1, 0.15) is 86.2 Å². The van der Waals surface area contributed by atoms with Crippen LogP contribution in [0.4, 0.5) is 24.5 Å². The van der Waals surface area contributed by atoms with Crippen molar-refractivity contribution in [2.75, 3.05) is 49.2 Å². The van der Waals surface area contributed by atoms with Crippen molar-refractivity contribution in [3.05, 3.63) is 137 Å². The summed E-state index contributed by atoms with van der Waals surface area (Å²) in [4.78, 5) is 27.0. The number of carboxylic acids is 1. The van der Waals surface area contributed by atoms with Gasteiger partial charge in [0.15, 0.2) is 0 Å². The second-order valence-corrected chi connectivity index (χ2v) is 22.9. The van der Waals surface area contributed by atoms with Gasteiger partial charge in [0, 0.05) is 52.5 Å². The Kier molecular flexibility index (Phi) is 19.8. The highest BCUT2D eigenvalue weighted by atomic mass is 35.5. The minimum atomic E-state index is -6.10. The molecule has 6 rings (SSSR count). The fraction of sp³-hybridized carbons (Fsp3) is 0.385. The molecule has 0 bridgehead atoms. The van der Waals surface area contributed by atoms with Gasteiger partial charge in [0.25, 0.3) is 25.8 Å². The van der Waals surface area contributed by atoms with Gasteiger partial charge in [0.05, 0.1) is 16.7 Å². The van der Waals surface area contributed by atoms with E-state index in [2.05, 4.69) is 15.1 Å². The number of carbonyl (C=O) groups excluding carboxylic acids is 1. The molecule has 0 spiro atoms. The quantitative estimate of drug-likeness (QED) is 0.0322. The molecule has 71 heavy (non-hydrogen) atoms. The number of carbonyl (C=O) groups is 2. The van der Waals surface area contributed by atoms with E-state index in [4.69, 9.17) is 16.7 Å². The number of aliphatic carboxylic acids is 1. The van der Waals surface area contributed by atoms with E-state index >= 15 is 0 Å². The molecule has 2 atom stereocenters. The van der Waals surface area contributed by atoms with Crippen LogP contribution in [0.15, 0.2) is 136 Å². The lowest BCUT2D eigenvalue weighted by molar-refractivity contribution is -0.137. The highest BCUT2D eigenvalue weighted by Crippen LogP contribution is 2.39. The van der Waals surface area contributed by atoms with Crippen LogP contribution in [-0.2, 0) is 24.7 Å². The van der Waals surface area contributed by atoms with E-state index in [0.29, 0.717) is 62.2 Å². The van der Waals surface area contributed by atoms with Crippen molar-refractivity contribution in [1.29, 1.82) is 0 Å². The molecule has 382 valence electrons. The third-order valence-electron chi connectivity index (χ3n) is 12.6. The lowest BCUT2D eigenvalue weighted by atomic mass is 9.84. The molecule has 1 aliphatic heterocycles. The van der Waals surface area contributed by atoms with Crippen molar-refractivity contribution >= 4 is 66.5 Å². The standard InChI is InChI=1S/C52H60ClF3N4O8S3/c1-59(31-12-5-3-2-4-9-17-49(61)62)32-30-41(36-69-43-13-7-6-8-14-43)57-47-27-26-44(35-48(47)70(65,66)52(54,55)56)71(67,68)58-51(64)39-20-24-42(25-21-39)60-33-28-38(29-34-60)50(63)46-16-11-10-15-45(46)37-18-22-40(53)23-19-37/h6-8,10-11,13-16,18-27,35,38,41,50,57,63H,2-5,9,12,17,28-34,36H2,1H3,(H,58,64)(H,61,62). The first-order chi connectivity index (χ1) is 33.8. The Balaban J connectivity index is 1.10. The maximum Gasteiger partial charge on any atom is 0.501 e. The van der Waals surface area contributed by atoms with Crippen molar-refractivity contribution in [3.8, 4) is 11.1 Å². The Hall–Kier alpha value is -5.11. The number of hydrogen-bond donors (Lipinski definition) is 4. The second-order valence-electron chi connectivity index (χ2n) is 17.8. The van der Waals surface area contributed by atoms with Crippen LogP contribution in [0.5, 0.6) is 0 Å². The van der Waals surface area contributed by atoms with Gasteiger partial charge in [-0.2, -0.15) is 13.2 Å². The molecule has 0 aliphatic carbocycles. The number of piperidine rings is 1. The second kappa shape index (κ2) is 25.5. The number of aliphatic hydroxyl groups excluding tert-OH is 1. The van der Waals surface area contributed by atoms with Crippen LogP contribution >= 0.6 is 23.4 Å². The lowest BCUT2D eigenvalue weighted by Gasteiger charge is -2.36. The molecule has 0 radical (unpaired) electrons. The summed E-state index contributed by atoms with van der Waals surface area (Å²) in [6.45, 7) is 2.45. The number of sulfone groups is 1. The van der Waals surface area contributed by atoms with Crippen LogP contribution in [0.3, 0.4) is 0 Å². The van der Waals surface area contributed by atoms with Crippen molar-refractivity contribution in [3.63, 3.8) is 0 Å². The zero-order chi connectivity index (χ0) is 51.2. The van der Waals surface area contributed by atoms with Crippen molar-refractivity contribution in [2.45, 2.75) is 96.5 Å². The molecule has 19 heteroatoms. The largest absolute Gasteiger partial charge is 0.501 e. The highest BCUT2D eigenvalue weighted by molar-refractivity contribution is 7.99. The van der Waals surface area contributed by atoms with Gasteiger partial charge in [-0.1, -0.05) is 91.9 Å². The molecule has 1 heterocycles. The van der Waals surface area contributed by atoms with Crippen LogP contribution in [0.25, 0.3) is 11.1 Å². The zero-order valence-corrected chi connectivity index (χ0v) is 42.6. The molecule has 1 fully saturated rings. The molecule has 1 saturated heterocycles. The summed E-state index contributed by atoms with van der Waals surface area (Å²) in [5, 5.41) is 24.0. The van der Waals surface area contributed by atoms with E-state index < -0.39 is 64.9 Å². The molecule has 12 nitrogen and oxygen atoms in total. The number of hydrogen-bond acceptors (Lipinski definition) is 11. The van der Waals surface area contributed by atoms with Gasteiger partial charge < -0.3 is 25.3 Å². The number of nitrogens with one attached hydrogen (secondary N) is 2. The van der Waals surface area contributed by atoms with Gasteiger partial charge in [-0.25, -0.2) is 21.6 Å². The van der Waals surface area contributed by atoms with Crippen LogP contribution in [0, 0.1) is 5.92 Å². The average Bonchev–Trinajstić information content (AvgIpc) is 3.35. The van der Waals surface area contributed by atoms with E-state index in [0.717, 1.165) is 78.1 Å². The number of anilines is 2. The van der Waals surface area contributed by atoms with Gasteiger partial charge in [-0.3, -0.25) is 9.59 Å². The number of rotatable bonds is 25. The Bertz CT molecular complexity index is 2760. The van der Waals surface area contributed by atoms with E-state index in [9.17, 15) is 44.7 Å². The highest BCUT2D eigenvalue weighted by Gasteiger charge is 2.48. The number of halogens is 4. The van der Waals surface area contributed by atoms with E-state index in [1.54, 1.807) is 12.1 Å². The summed E-state index contributed by atoms with van der Waals surface area (Å²) in [7, 11) is -9.08. The molecular formula is C52H60ClF3N4O8S3. The molecule has 1 amide bonds. The maximum absolute atomic E-state index is 14.3. The molecule has 5 aromatic rings.